The van der Waals surface area contributed by atoms with Crippen molar-refractivity contribution in [2.24, 2.45) is 0 Å². The van der Waals surface area contributed by atoms with Crippen LogP contribution < -0.4 is 5.32 Å². The zero-order valence-electron chi connectivity index (χ0n) is 13.4. The molecule has 0 fully saturated rings. The van der Waals surface area contributed by atoms with Crippen LogP contribution in [0.2, 0.25) is 5.02 Å². The molecule has 0 spiro atoms. The molecule has 3 aromatic rings. The van der Waals surface area contributed by atoms with Gasteiger partial charge in [-0.15, -0.1) is 5.10 Å². The van der Waals surface area contributed by atoms with Crippen molar-refractivity contribution in [1.29, 1.82) is 0 Å². The Labute approximate surface area is 152 Å². The maximum Gasteiger partial charge on any atom is 0.306 e. The quantitative estimate of drug-likeness (QED) is 0.498. The van der Waals surface area contributed by atoms with E-state index in [0.29, 0.717) is 11.6 Å². The fourth-order valence-electron chi connectivity index (χ4n) is 2.22. The largest absolute Gasteiger partial charge is 0.306 e. The van der Waals surface area contributed by atoms with Gasteiger partial charge in [0.1, 0.15) is 18.7 Å². The van der Waals surface area contributed by atoms with Crippen LogP contribution in [0.15, 0.2) is 43.0 Å². The molecule has 2 heterocycles. The van der Waals surface area contributed by atoms with Gasteiger partial charge >= 0.3 is 5.69 Å². The molecule has 0 saturated carbocycles. The van der Waals surface area contributed by atoms with Crippen molar-refractivity contribution in [3.63, 3.8) is 0 Å². The number of anilines is 1. The molecule has 1 amide bonds. The first kappa shape index (κ1) is 17.5. The Morgan fingerprint density at radius 1 is 1.35 bits per heavy atom. The first-order valence-corrected chi connectivity index (χ1v) is 7.98. The third kappa shape index (κ3) is 4.63. The summed E-state index contributed by atoms with van der Waals surface area (Å²) >= 11 is 5.94. The zero-order valence-corrected chi connectivity index (χ0v) is 14.2. The lowest BCUT2D eigenvalue weighted by molar-refractivity contribution is -0.385. The Hall–Kier alpha value is -3.27. The summed E-state index contributed by atoms with van der Waals surface area (Å²) in [7, 11) is 0. The standard InChI is InChI=1S/C15H14ClN7O3/c16-12-3-1-2-11(6-12)8-22-10-17-15(20-22)19-14(24)4-5-21-9-13(7-18-21)23(25)26/h1-3,6-7,9-10H,4-5,8H2,(H,19,20,24). The molecular weight excluding hydrogens is 362 g/mol. The van der Waals surface area contributed by atoms with Crippen molar-refractivity contribution in [3.8, 4) is 0 Å². The molecule has 0 bridgehead atoms. The Morgan fingerprint density at radius 3 is 2.92 bits per heavy atom. The highest BCUT2D eigenvalue weighted by atomic mass is 35.5. The van der Waals surface area contributed by atoms with Crippen LogP contribution in [0.1, 0.15) is 12.0 Å². The lowest BCUT2D eigenvalue weighted by Gasteiger charge is -2.02. The van der Waals surface area contributed by atoms with E-state index >= 15 is 0 Å². The number of aryl methyl sites for hydroxylation is 1. The van der Waals surface area contributed by atoms with Gasteiger partial charge in [0.2, 0.25) is 11.9 Å². The number of hydrogen-bond donors (Lipinski definition) is 1. The van der Waals surface area contributed by atoms with Crippen molar-refractivity contribution < 1.29 is 9.72 Å². The van der Waals surface area contributed by atoms with Crippen LogP contribution in [0.4, 0.5) is 11.6 Å². The number of halogens is 1. The first-order valence-electron chi connectivity index (χ1n) is 7.60. The average Bonchev–Trinajstić information content (AvgIpc) is 3.23. The predicted molar refractivity (Wildman–Crippen MR) is 92.7 cm³/mol. The highest BCUT2D eigenvalue weighted by molar-refractivity contribution is 6.30. The predicted octanol–water partition coefficient (Wildman–Crippen LogP) is 2.11. The highest BCUT2D eigenvalue weighted by Gasteiger charge is 2.11. The Morgan fingerprint density at radius 2 is 2.19 bits per heavy atom. The van der Waals surface area contributed by atoms with E-state index in [1.165, 1.54) is 17.2 Å². The number of amides is 1. The van der Waals surface area contributed by atoms with Crippen LogP contribution in [0.5, 0.6) is 0 Å². The molecule has 0 aliphatic rings. The number of nitrogens with zero attached hydrogens (tertiary/aromatic N) is 6. The van der Waals surface area contributed by atoms with E-state index in [1.54, 1.807) is 10.7 Å². The second-order valence-electron chi connectivity index (χ2n) is 5.41. The summed E-state index contributed by atoms with van der Waals surface area (Å²) in [6.07, 6.45) is 4.00. The number of benzene rings is 1. The second-order valence-corrected chi connectivity index (χ2v) is 5.85. The maximum absolute atomic E-state index is 11.9. The molecule has 0 aliphatic carbocycles. The highest BCUT2D eigenvalue weighted by Crippen LogP contribution is 2.12. The van der Waals surface area contributed by atoms with Crippen molar-refractivity contribution in [2.75, 3.05) is 5.32 Å². The number of carbonyl (C=O) groups is 1. The Kier molecular flexibility index (Phi) is 5.23. The number of carbonyl (C=O) groups excluding carboxylic acids is 1. The summed E-state index contributed by atoms with van der Waals surface area (Å²) in [6, 6.07) is 7.36. The summed E-state index contributed by atoms with van der Waals surface area (Å²) in [5.41, 5.74) is 0.840. The molecule has 0 radical (unpaired) electrons. The lowest BCUT2D eigenvalue weighted by Crippen LogP contribution is -2.16. The van der Waals surface area contributed by atoms with Crippen LogP contribution in [-0.2, 0) is 17.9 Å². The number of rotatable bonds is 7. The van der Waals surface area contributed by atoms with Gasteiger partial charge in [0, 0.05) is 18.0 Å². The number of nitrogens with one attached hydrogen (secondary N) is 1. The third-order valence-corrected chi connectivity index (χ3v) is 3.65. The van der Waals surface area contributed by atoms with E-state index in [2.05, 4.69) is 20.5 Å². The molecule has 134 valence electrons. The summed E-state index contributed by atoms with van der Waals surface area (Å²) in [6.45, 7) is 0.684. The number of hydrogen-bond acceptors (Lipinski definition) is 6. The molecule has 0 aliphatic heterocycles. The summed E-state index contributed by atoms with van der Waals surface area (Å²) in [5, 5.41) is 21.8. The molecule has 1 N–H and O–H groups in total. The van der Waals surface area contributed by atoms with E-state index in [9.17, 15) is 14.9 Å². The topological polar surface area (TPSA) is 121 Å². The second kappa shape index (κ2) is 7.74. The van der Waals surface area contributed by atoms with E-state index in [1.807, 2.05) is 18.2 Å². The molecule has 0 unspecified atom stereocenters. The van der Waals surface area contributed by atoms with Gasteiger partial charge in [-0.05, 0) is 17.7 Å². The Bertz CT molecular complexity index is 937. The molecule has 10 nitrogen and oxygen atoms in total. The van der Waals surface area contributed by atoms with Gasteiger partial charge in [0.05, 0.1) is 11.5 Å². The smallest absolute Gasteiger partial charge is 0.293 e. The fraction of sp³-hybridized carbons (Fsp3) is 0.200. The minimum atomic E-state index is -0.542. The molecule has 1 aromatic carbocycles. The molecule has 0 atom stereocenters. The van der Waals surface area contributed by atoms with E-state index in [-0.39, 0.29) is 30.5 Å². The minimum Gasteiger partial charge on any atom is -0.293 e. The van der Waals surface area contributed by atoms with E-state index in [0.717, 1.165) is 11.8 Å². The van der Waals surface area contributed by atoms with Crippen molar-refractivity contribution >= 4 is 29.1 Å². The van der Waals surface area contributed by atoms with Crippen LogP contribution in [-0.4, -0.2) is 35.4 Å². The van der Waals surface area contributed by atoms with E-state index in [4.69, 9.17) is 11.6 Å². The van der Waals surface area contributed by atoms with Crippen molar-refractivity contribution in [3.05, 3.63) is 63.7 Å². The zero-order chi connectivity index (χ0) is 18.5. The van der Waals surface area contributed by atoms with Crippen LogP contribution in [0.25, 0.3) is 0 Å². The van der Waals surface area contributed by atoms with Gasteiger partial charge in [-0.1, -0.05) is 23.7 Å². The average molecular weight is 376 g/mol. The minimum absolute atomic E-state index is 0.0850. The van der Waals surface area contributed by atoms with E-state index < -0.39 is 4.92 Å². The molecule has 26 heavy (non-hydrogen) atoms. The molecule has 3 rings (SSSR count). The SMILES string of the molecule is O=C(CCn1cc([N+](=O)[O-])cn1)Nc1ncn(Cc2cccc(Cl)c2)n1. The van der Waals surface area contributed by atoms with Crippen LogP contribution in [0.3, 0.4) is 0 Å². The maximum atomic E-state index is 11.9. The summed E-state index contributed by atoms with van der Waals surface area (Å²) in [5.74, 6) is -0.132. The fourth-order valence-corrected chi connectivity index (χ4v) is 2.44. The number of nitro groups is 1. The third-order valence-electron chi connectivity index (χ3n) is 3.42. The summed E-state index contributed by atoms with van der Waals surface area (Å²) < 4.78 is 2.92. The molecule has 11 heteroatoms. The summed E-state index contributed by atoms with van der Waals surface area (Å²) in [4.78, 5) is 26.0. The van der Waals surface area contributed by atoms with Gasteiger partial charge in [0.15, 0.2) is 0 Å². The Balaban J connectivity index is 1.51. The van der Waals surface area contributed by atoms with Gasteiger partial charge in [0.25, 0.3) is 0 Å². The molecule has 0 saturated heterocycles. The first-order chi connectivity index (χ1) is 12.5. The van der Waals surface area contributed by atoms with Crippen LogP contribution in [0, 0.1) is 10.1 Å². The normalized spacial score (nSPS) is 10.7. The number of aromatic nitrogens is 5. The molecular formula is C15H14ClN7O3. The van der Waals surface area contributed by atoms with Gasteiger partial charge < -0.3 is 0 Å². The molecule has 2 aromatic heterocycles. The van der Waals surface area contributed by atoms with Crippen LogP contribution >= 0.6 is 11.6 Å². The lowest BCUT2D eigenvalue weighted by atomic mass is 10.2. The van der Waals surface area contributed by atoms with Gasteiger partial charge in [-0.25, -0.2) is 9.67 Å². The van der Waals surface area contributed by atoms with Crippen molar-refractivity contribution in [1.82, 2.24) is 24.5 Å². The van der Waals surface area contributed by atoms with Gasteiger partial charge in [-0.3, -0.25) is 24.9 Å². The van der Waals surface area contributed by atoms with Gasteiger partial charge in [-0.2, -0.15) is 5.10 Å². The monoisotopic (exact) mass is 375 g/mol. The van der Waals surface area contributed by atoms with Crippen molar-refractivity contribution in [2.45, 2.75) is 19.5 Å².